The van der Waals surface area contributed by atoms with Crippen molar-refractivity contribution in [2.75, 3.05) is 5.32 Å². The fraction of sp³-hybridized carbons (Fsp3) is 0.0833. The Bertz CT molecular complexity index is 545. The van der Waals surface area contributed by atoms with Crippen molar-refractivity contribution >= 4 is 17.4 Å². The number of benzene rings is 1. The van der Waals surface area contributed by atoms with E-state index >= 15 is 0 Å². The van der Waals surface area contributed by atoms with Crippen LogP contribution < -0.4 is 5.32 Å². The van der Waals surface area contributed by atoms with E-state index in [0.29, 0.717) is 17.4 Å². The highest BCUT2D eigenvalue weighted by Gasteiger charge is 1.98. The van der Waals surface area contributed by atoms with Crippen LogP contribution in [0.25, 0.3) is 0 Å². The Hall–Kier alpha value is -2.12. The SMILES string of the molecule is N#Cc1nccc(NCc2ccc(Cl)cc2)n1. The van der Waals surface area contributed by atoms with Gasteiger partial charge in [-0.25, -0.2) is 9.97 Å². The molecule has 0 saturated carbocycles. The van der Waals surface area contributed by atoms with Crippen molar-refractivity contribution in [3.8, 4) is 6.07 Å². The van der Waals surface area contributed by atoms with E-state index in [1.54, 1.807) is 12.3 Å². The lowest BCUT2D eigenvalue weighted by atomic mass is 10.2. The van der Waals surface area contributed by atoms with Crippen LogP contribution in [0.1, 0.15) is 11.4 Å². The highest BCUT2D eigenvalue weighted by Crippen LogP contribution is 2.11. The molecule has 0 amide bonds. The topological polar surface area (TPSA) is 61.6 Å². The number of nitriles is 1. The van der Waals surface area contributed by atoms with Crippen molar-refractivity contribution in [1.29, 1.82) is 5.26 Å². The largest absolute Gasteiger partial charge is 0.366 e. The van der Waals surface area contributed by atoms with Crippen LogP contribution in [0.4, 0.5) is 5.82 Å². The van der Waals surface area contributed by atoms with Crippen molar-refractivity contribution in [2.45, 2.75) is 6.54 Å². The predicted molar refractivity (Wildman–Crippen MR) is 65.5 cm³/mol. The van der Waals surface area contributed by atoms with Gasteiger partial charge in [0.2, 0.25) is 5.82 Å². The zero-order chi connectivity index (χ0) is 12.1. The maximum absolute atomic E-state index is 8.66. The third-order valence-electron chi connectivity index (χ3n) is 2.14. The summed E-state index contributed by atoms with van der Waals surface area (Å²) >= 11 is 5.79. The summed E-state index contributed by atoms with van der Waals surface area (Å²) in [5, 5.41) is 12.5. The molecule has 0 bridgehead atoms. The molecule has 0 saturated heterocycles. The summed E-state index contributed by atoms with van der Waals surface area (Å²) in [7, 11) is 0. The lowest BCUT2D eigenvalue weighted by Crippen LogP contribution is -2.02. The Balaban J connectivity index is 2.02. The minimum atomic E-state index is 0.158. The van der Waals surface area contributed by atoms with Gasteiger partial charge in [0.25, 0.3) is 0 Å². The van der Waals surface area contributed by atoms with Gasteiger partial charge in [0, 0.05) is 17.8 Å². The monoisotopic (exact) mass is 244 g/mol. The molecule has 84 valence electrons. The van der Waals surface area contributed by atoms with Crippen LogP contribution >= 0.6 is 11.6 Å². The highest BCUT2D eigenvalue weighted by atomic mass is 35.5. The lowest BCUT2D eigenvalue weighted by Gasteiger charge is -2.05. The number of nitrogens with zero attached hydrogens (tertiary/aromatic N) is 3. The van der Waals surface area contributed by atoms with Crippen LogP contribution in [0.5, 0.6) is 0 Å². The van der Waals surface area contributed by atoms with Crippen LogP contribution in [0.3, 0.4) is 0 Å². The molecule has 4 nitrogen and oxygen atoms in total. The first-order valence-electron chi connectivity index (χ1n) is 4.99. The molecule has 0 spiro atoms. The Morgan fingerprint density at radius 3 is 2.71 bits per heavy atom. The molecule has 0 aliphatic heterocycles. The van der Waals surface area contributed by atoms with Crippen LogP contribution in [0, 0.1) is 11.3 Å². The molecule has 2 rings (SSSR count). The molecule has 2 aromatic rings. The highest BCUT2D eigenvalue weighted by molar-refractivity contribution is 6.30. The Morgan fingerprint density at radius 1 is 1.24 bits per heavy atom. The van der Waals surface area contributed by atoms with Gasteiger partial charge >= 0.3 is 0 Å². The predicted octanol–water partition coefficient (Wildman–Crippen LogP) is 2.61. The van der Waals surface area contributed by atoms with E-state index in [9.17, 15) is 0 Å². The van der Waals surface area contributed by atoms with Gasteiger partial charge in [0.05, 0.1) is 0 Å². The molecule has 1 heterocycles. The Morgan fingerprint density at radius 2 is 2.00 bits per heavy atom. The van der Waals surface area contributed by atoms with E-state index in [1.165, 1.54) is 0 Å². The number of anilines is 1. The minimum Gasteiger partial charge on any atom is -0.366 e. The molecule has 0 atom stereocenters. The first kappa shape index (κ1) is 11.4. The summed E-state index contributed by atoms with van der Waals surface area (Å²) in [5.74, 6) is 0.789. The second-order valence-corrected chi connectivity index (χ2v) is 3.79. The van der Waals surface area contributed by atoms with E-state index in [1.807, 2.05) is 30.3 Å². The summed E-state index contributed by atoms with van der Waals surface area (Å²) in [6.45, 7) is 0.624. The second-order valence-electron chi connectivity index (χ2n) is 3.36. The van der Waals surface area contributed by atoms with Crippen molar-refractivity contribution in [3.63, 3.8) is 0 Å². The molecule has 5 heteroatoms. The van der Waals surface area contributed by atoms with Crippen LogP contribution in [0.2, 0.25) is 5.02 Å². The number of rotatable bonds is 3. The number of aromatic nitrogens is 2. The first-order chi connectivity index (χ1) is 8.28. The second kappa shape index (κ2) is 5.28. The summed E-state index contributed by atoms with van der Waals surface area (Å²) in [4.78, 5) is 7.81. The number of halogens is 1. The molecule has 1 aromatic carbocycles. The third kappa shape index (κ3) is 3.16. The van der Waals surface area contributed by atoms with E-state index in [0.717, 1.165) is 5.56 Å². The average Bonchev–Trinajstić information content (AvgIpc) is 2.38. The van der Waals surface area contributed by atoms with Gasteiger partial charge in [-0.05, 0) is 23.8 Å². The Kier molecular flexibility index (Phi) is 3.53. The zero-order valence-corrected chi connectivity index (χ0v) is 9.65. The molecular weight excluding hydrogens is 236 g/mol. The summed E-state index contributed by atoms with van der Waals surface area (Å²) in [6.07, 6.45) is 1.55. The number of hydrogen-bond acceptors (Lipinski definition) is 4. The maximum atomic E-state index is 8.66. The summed E-state index contributed by atoms with van der Waals surface area (Å²) < 4.78 is 0. The van der Waals surface area contributed by atoms with E-state index in [4.69, 9.17) is 16.9 Å². The maximum Gasteiger partial charge on any atom is 0.234 e. The average molecular weight is 245 g/mol. The third-order valence-corrected chi connectivity index (χ3v) is 2.39. The number of hydrogen-bond donors (Lipinski definition) is 1. The van der Waals surface area contributed by atoms with Crippen LogP contribution in [-0.2, 0) is 6.54 Å². The van der Waals surface area contributed by atoms with E-state index in [-0.39, 0.29) is 5.82 Å². The van der Waals surface area contributed by atoms with Crippen molar-refractivity contribution in [1.82, 2.24) is 9.97 Å². The lowest BCUT2D eigenvalue weighted by molar-refractivity contribution is 1.06. The molecule has 0 fully saturated rings. The van der Waals surface area contributed by atoms with Gasteiger partial charge in [-0.2, -0.15) is 5.26 Å². The molecule has 0 aliphatic carbocycles. The van der Waals surface area contributed by atoms with Gasteiger partial charge in [0.1, 0.15) is 11.9 Å². The normalized spacial score (nSPS) is 9.65. The molecule has 0 unspecified atom stereocenters. The summed E-state index contributed by atoms with van der Waals surface area (Å²) in [6, 6.07) is 11.1. The number of nitrogens with one attached hydrogen (secondary N) is 1. The van der Waals surface area contributed by atoms with Gasteiger partial charge in [-0.3, -0.25) is 0 Å². The minimum absolute atomic E-state index is 0.158. The van der Waals surface area contributed by atoms with Crippen molar-refractivity contribution < 1.29 is 0 Å². The smallest absolute Gasteiger partial charge is 0.234 e. The zero-order valence-electron chi connectivity index (χ0n) is 8.89. The van der Waals surface area contributed by atoms with Gasteiger partial charge in [0.15, 0.2) is 0 Å². The molecule has 1 aromatic heterocycles. The van der Waals surface area contributed by atoms with Crippen LogP contribution in [0.15, 0.2) is 36.5 Å². The first-order valence-corrected chi connectivity index (χ1v) is 5.37. The van der Waals surface area contributed by atoms with Gasteiger partial charge in [-0.1, -0.05) is 23.7 Å². The fourth-order valence-corrected chi connectivity index (χ4v) is 1.43. The van der Waals surface area contributed by atoms with Crippen molar-refractivity contribution in [3.05, 3.63) is 52.9 Å². The standard InChI is InChI=1S/C12H9ClN4/c13-10-3-1-9(2-4-10)8-16-11-5-6-15-12(7-14)17-11/h1-6H,8H2,(H,15,16,17). The van der Waals surface area contributed by atoms with Crippen LogP contribution in [-0.4, -0.2) is 9.97 Å². The Labute approximate surface area is 104 Å². The summed E-state index contributed by atoms with van der Waals surface area (Å²) in [5.41, 5.74) is 1.09. The van der Waals surface area contributed by atoms with E-state index in [2.05, 4.69) is 15.3 Å². The fourth-order valence-electron chi connectivity index (χ4n) is 1.31. The van der Waals surface area contributed by atoms with Gasteiger partial charge < -0.3 is 5.32 Å². The molecule has 17 heavy (non-hydrogen) atoms. The molecule has 1 N–H and O–H groups in total. The van der Waals surface area contributed by atoms with Crippen molar-refractivity contribution in [2.24, 2.45) is 0 Å². The van der Waals surface area contributed by atoms with E-state index < -0.39 is 0 Å². The molecule has 0 aliphatic rings. The molecule has 0 radical (unpaired) electrons. The van der Waals surface area contributed by atoms with Gasteiger partial charge in [-0.15, -0.1) is 0 Å². The quantitative estimate of drug-likeness (QED) is 0.902. The molecular formula is C12H9ClN4.